The summed E-state index contributed by atoms with van der Waals surface area (Å²) < 4.78 is 21.0. The van der Waals surface area contributed by atoms with Gasteiger partial charge in [0, 0.05) is 31.4 Å². The Balaban J connectivity index is 1.56. The van der Waals surface area contributed by atoms with Gasteiger partial charge < -0.3 is 19.7 Å². The molecule has 1 aliphatic carbocycles. The predicted molar refractivity (Wildman–Crippen MR) is 142 cm³/mol. The van der Waals surface area contributed by atoms with E-state index >= 15 is 4.39 Å². The van der Waals surface area contributed by atoms with Crippen molar-refractivity contribution in [2.75, 3.05) is 14.1 Å². The average Bonchev–Trinajstić information content (AvgIpc) is 3.54. The van der Waals surface area contributed by atoms with Crippen molar-refractivity contribution in [1.82, 2.24) is 35.3 Å². The van der Waals surface area contributed by atoms with Crippen LogP contribution in [0, 0.1) is 31.5 Å². The molecule has 2 amide bonds. The van der Waals surface area contributed by atoms with Gasteiger partial charge in [-0.05, 0) is 50.7 Å². The second-order valence-corrected chi connectivity index (χ2v) is 10.6. The van der Waals surface area contributed by atoms with E-state index in [9.17, 15) is 9.59 Å². The van der Waals surface area contributed by atoms with Crippen LogP contribution < -0.4 is 5.32 Å². The van der Waals surface area contributed by atoms with Crippen molar-refractivity contribution in [1.29, 1.82) is 0 Å². The number of rotatable bonds is 6. The first-order valence-electron chi connectivity index (χ1n) is 13.1. The maximum atomic E-state index is 16.0. The molecule has 0 radical (unpaired) electrons. The van der Waals surface area contributed by atoms with E-state index in [-0.39, 0.29) is 40.1 Å². The van der Waals surface area contributed by atoms with E-state index in [1.54, 1.807) is 40.1 Å². The van der Waals surface area contributed by atoms with E-state index in [0.29, 0.717) is 34.3 Å². The van der Waals surface area contributed by atoms with Gasteiger partial charge in [-0.25, -0.2) is 19.3 Å². The summed E-state index contributed by atoms with van der Waals surface area (Å²) in [5.41, 5.74) is 2.04. The highest BCUT2D eigenvalue weighted by atomic mass is 19.1. The fraction of sp³-hybridized carbons (Fsp3) is 0.429. The lowest BCUT2D eigenvalue weighted by Gasteiger charge is -2.32. The zero-order valence-corrected chi connectivity index (χ0v) is 22.7. The van der Waals surface area contributed by atoms with Crippen molar-refractivity contribution in [3.63, 3.8) is 0 Å². The number of nitrogens with one attached hydrogen (secondary N) is 2. The molecule has 1 aromatic carbocycles. The predicted octanol–water partition coefficient (Wildman–Crippen LogP) is 4.76. The van der Waals surface area contributed by atoms with Crippen LogP contribution in [0.3, 0.4) is 0 Å². The number of aryl methyl sites for hydroxylation is 2. The van der Waals surface area contributed by atoms with Crippen LogP contribution in [0.5, 0.6) is 0 Å². The summed E-state index contributed by atoms with van der Waals surface area (Å²) in [5, 5.41) is 6.92. The molecule has 1 aliphatic rings. The summed E-state index contributed by atoms with van der Waals surface area (Å²) in [6, 6.07) is 2.86. The molecule has 11 heteroatoms. The number of halogens is 1. The lowest BCUT2D eigenvalue weighted by Crippen LogP contribution is -2.36. The highest BCUT2D eigenvalue weighted by Gasteiger charge is 2.32. The van der Waals surface area contributed by atoms with Crippen LogP contribution >= 0.6 is 0 Å². The summed E-state index contributed by atoms with van der Waals surface area (Å²) >= 11 is 0. The number of hydrogen-bond acceptors (Lipinski definition) is 7. The Morgan fingerprint density at radius 1 is 1.13 bits per heavy atom. The number of aromatic amines is 1. The Bertz CT molecular complexity index is 1540. The largest absolute Gasteiger partial charge is 0.364 e. The minimum absolute atomic E-state index is 0.118. The third-order valence-corrected chi connectivity index (χ3v) is 7.53. The highest BCUT2D eigenvalue weighted by Crippen LogP contribution is 2.38. The number of H-pyrrole nitrogens is 1. The third kappa shape index (κ3) is 5.13. The normalized spacial score (nSPS) is 18.2. The quantitative estimate of drug-likeness (QED) is 0.365. The van der Waals surface area contributed by atoms with Crippen LogP contribution in [0.2, 0.25) is 0 Å². The Morgan fingerprint density at radius 3 is 2.54 bits per heavy atom. The molecule has 1 saturated carbocycles. The average molecular weight is 534 g/mol. The lowest BCUT2D eigenvalue weighted by atomic mass is 9.79. The maximum absolute atomic E-state index is 16.0. The number of nitrogens with zero attached hydrogens (tertiary/aromatic N) is 5. The van der Waals surface area contributed by atoms with E-state index in [1.807, 2.05) is 0 Å². The molecule has 4 aromatic rings. The first-order valence-corrected chi connectivity index (χ1v) is 13.1. The number of benzene rings is 1. The van der Waals surface area contributed by atoms with Gasteiger partial charge in [-0.15, -0.1) is 0 Å². The Kier molecular flexibility index (Phi) is 7.16. The fourth-order valence-corrected chi connectivity index (χ4v) is 5.22. The molecule has 0 bridgehead atoms. The van der Waals surface area contributed by atoms with Crippen LogP contribution in [0.25, 0.3) is 22.2 Å². The van der Waals surface area contributed by atoms with Gasteiger partial charge in [0.15, 0.2) is 5.82 Å². The molecule has 0 saturated heterocycles. The van der Waals surface area contributed by atoms with E-state index in [1.165, 1.54) is 17.4 Å². The van der Waals surface area contributed by atoms with Gasteiger partial charge >= 0.3 is 0 Å². The third-order valence-electron chi connectivity index (χ3n) is 7.53. The van der Waals surface area contributed by atoms with E-state index in [2.05, 4.69) is 37.3 Å². The molecule has 0 aliphatic heterocycles. The first-order chi connectivity index (χ1) is 18.6. The van der Waals surface area contributed by atoms with Gasteiger partial charge in [-0.1, -0.05) is 24.9 Å². The molecule has 0 spiro atoms. The molecule has 39 heavy (non-hydrogen) atoms. The summed E-state index contributed by atoms with van der Waals surface area (Å²) in [6.07, 6.45) is 6.69. The van der Waals surface area contributed by atoms with Crippen LogP contribution in [0.1, 0.15) is 76.8 Å². The SMILES string of the molecule is Cc1ncc(-c2ccc3[nH]c([C@@H](NC(=O)c4conc4C)[C@H]4CC[C@H](C)CC4)nc3c2F)c(C(=O)N(C)C)n1. The first kappa shape index (κ1) is 26.5. The minimum atomic E-state index is -0.590. The Morgan fingerprint density at radius 2 is 1.87 bits per heavy atom. The molecule has 204 valence electrons. The summed E-state index contributed by atoms with van der Waals surface area (Å²) in [6.45, 7) is 5.61. The molecular formula is C28H32FN7O3. The number of aromatic nitrogens is 5. The highest BCUT2D eigenvalue weighted by molar-refractivity contribution is 5.99. The van der Waals surface area contributed by atoms with E-state index in [0.717, 1.165) is 25.7 Å². The number of fused-ring (bicyclic) bond motifs is 1. The standard InChI is InChI=1S/C28H32FN7O3/c1-14-6-8-17(9-7-14)23(34-27(37)20-13-39-35-15(20)2)26-32-21-11-10-18(22(29)25(21)33-26)19-12-30-16(3)31-24(19)28(38)36(4)5/h10-14,17,23H,6-9H2,1-5H3,(H,32,33)(H,34,37)/t14-,17-,23-/m0/s1. The van der Waals surface area contributed by atoms with E-state index in [4.69, 9.17) is 4.52 Å². The molecule has 0 unspecified atom stereocenters. The van der Waals surface area contributed by atoms with Gasteiger partial charge in [-0.3, -0.25) is 9.59 Å². The van der Waals surface area contributed by atoms with Crippen molar-refractivity contribution in [3.8, 4) is 11.1 Å². The number of carbonyl (C=O) groups is 2. The molecule has 2 N–H and O–H groups in total. The number of carbonyl (C=O) groups excluding carboxylic acids is 2. The molecule has 1 atom stereocenters. The molecular weight excluding hydrogens is 501 g/mol. The van der Waals surface area contributed by atoms with Gasteiger partial charge in [0.1, 0.15) is 34.7 Å². The van der Waals surface area contributed by atoms with Gasteiger partial charge in [-0.2, -0.15) is 0 Å². The fourth-order valence-electron chi connectivity index (χ4n) is 5.22. The molecule has 3 heterocycles. The number of imidazole rings is 1. The minimum Gasteiger partial charge on any atom is -0.364 e. The maximum Gasteiger partial charge on any atom is 0.272 e. The van der Waals surface area contributed by atoms with Crippen LogP contribution in [0.15, 0.2) is 29.1 Å². The van der Waals surface area contributed by atoms with Crippen molar-refractivity contribution in [2.45, 2.75) is 52.5 Å². The Labute approximate surface area is 225 Å². The zero-order valence-electron chi connectivity index (χ0n) is 22.7. The number of amides is 2. The monoisotopic (exact) mass is 533 g/mol. The van der Waals surface area contributed by atoms with Crippen molar-refractivity contribution in [2.24, 2.45) is 11.8 Å². The lowest BCUT2D eigenvalue weighted by molar-refractivity contribution is 0.0821. The van der Waals surface area contributed by atoms with Crippen LogP contribution in [-0.2, 0) is 0 Å². The van der Waals surface area contributed by atoms with Crippen LogP contribution in [-0.4, -0.2) is 55.9 Å². The summed E-state index contributed by atoms with van der Waals surface area (Å²) in [7, 11) is 3.23. The smallest absolute Gasteiger partial charge is 0.272 e. The second kappa shape index (κ2) is 10.5. The van der Waals surface area contributed by atoms with Crippen molar-refractivity contribution in [3.05, 3.63) is 59.0 Å². The van der Waals surface area contributed by atoms with Gasteiger partial charge in [0.05, 0.1) is 17.3 Å². The van der Waals surface area contributed by atoms with Gasteiger partial charge in [0.25, 0.3) is 11.8 Å². The topological polar surface area (TPSA) is 130 Å². The second-order valence-electron chi connectivity index (χ2n) is 10.6. The molecule has 3 aromatic heterocycles. The van der Waals surface area contributed by atoms with Gasteiger partial charge in [0.2, 0.25) is 0 Å². The van der Waals surface area contributed by atoms with E-state index < -0.39 is 11.9 Å². The van der Waals surface area contributed by atoms with Crippen LogP contribution in [0.4, 0.5) is 4.39 Å². The zero-order chi connectivity index (χ0) is 27.8. The van der Waals surface area contributed by atoms with Crippen molar-refractivity contribution < 1.29 is 18.5 Å². The molecule has 10 nitrogen and oxygen atoms in total. The molecule has 1 fully saturated rings. The molecule has 5 rings (SSSR count). The Hall–Kier alpha value is -4.15. The summed E-state index contributed by atoms with van der Waals surface area (Å²) in [5.74, 6) is 0.377. The summed E-state index contributed by atoms with van der Waals surface area (Å²) in [4.78, 5) is 43.8. The number of hydrogen-bond donors (Lipinski definition) is 2. The van der Waals surface area contributed by atoms with Crippen molar-refractivity contribution >= 4 is 22.8 Å².